The number of carbonyl (C=O) groups is 3. The van der Waals surface area contributed by atoms with Gasteiger partial charge in [-0.05, 0) is 24.3 Å². The van der Waals surface area contributed by atoms with E-state index < -0.39 is 6.04 Å². The number of hydrogen-bond donors (Lipinski definition) is 0. The average molecular weight is 302 g/mol. The highest BCUT2D eigenvalue weighted by Gasteiger charge is 2.43. The number of imide groups is 1. The molecule has 2 aliphatic rings. The highest BCUT2D eigenvalue weighted by molar-refractivity contribution is 6.22. The highest BCUT2D eigenvalue weighted by atomic mass is 16.5. The van der Waals surface area contributed by atoms with Gasteiger partial charge in [0.05, 0.1) is 25.3 Å². The number of likely N-dealkylation sites (tertiary alicyclic amines) is 1. The molecule has 0 bridgehead atoms. The maximum absolute atomic E-state index is 12.6. The van der Waals surface area contributed by atoms with Crippen LogP contribution in [0.2, 0.25) is 0 Å². The lowest BCUT2D eigenvalue weighted by Crippen LogP contribution is -2.46. The van der Waals surface area contributed by atoms with E-state index in [-0.39, 0.29) is 24.0 Å². The predicted molar refractivity (Wildman–Crippen MR) is 79.7 cm³/mol. The third-order valence-electron chi connectivity index (χ3n) is 4.25. The summed E-state index contributed by atoms with van der Waals surface area (Å²) in [5.74, 6) is 0.496. The molecule has 6 heteroatoms. The Labute approximate surface area is 128 Å². The first-order valence-electron chi connectivity index (χ1n) is 7.37. The highest BCUT2D eigenvalue weighted by Crippen LogP contribution is 2.28. The molecule has 0 saturated carbocycles. The summed E-state index contributed by atoms with van der Waals surface area (Å²) in [5, 5.41) is 0. The number of amides is 2. The van der Waals surface area contributed by atoms with Gasteiger partial charge >= 0.3 is 0 Å². The monoisotopic (exact) mass is 302 g/mol. The zero-order valence-electron chi connectivity index (χ0n) is 12.4. The molecule has 6 nitrogen and oxygen atoms in total. The fourth-order valence-electron chi connectivity index (χ4n) is 2.99. The van der Waals surface area contributed by atoms with Crippen molar-refractivity contribution in [3.63, 3.8) is 0 Å². The minimum absolute atomic E-state index is 0.180. The van der Waals surface area contributed by atoms with Crippen molar-refractivity contribution in [2.24, 2.45) is 0 Å². The van der Waals surface area contributed by atoms with Crippen LogP contribution in [-0.2, 0) is 14.4 Å². The zero-order chi connectivity index (χ0) is 15.7. The second kappa shape index (κ2) is 5.88. The number of piperidine rings is 1. The van der Waals surface area contributed by atoms with Crippen molar-refractivity contribution in [2.45, 2.75) is 25.3 Å². The first kappa shape index (κ1) is 14.7. The van der Waals surface area contributed by atoms with Crippen LogP contribution in [0.5, 0.6) is 5.75 Å². The van der Waals surface area contributed by atoms with Crippen molar-refractivity contribution in [3.8, 4) is 5.75 Å². The number of anilines is 1. The van der Waals surface area contributed by atoms with Crippen LogP contribution in [0.4, 0.5) is 5.69 Å². The molecule has 1 aromatic rings. The van der Waals surface area contributed by atoms with Crippen molar-refractivity contribution in [1.29, 1.82) is 0 Å². The van der Waals surface area contributed by atoms with Gasteiger partial charge in [-0.15, -0.1) is 0 Å². The van der Waals surface area contributed by atoms with E-state index in [1.165, 1.54) is 4.90 Å². The van der Waals surface area contributed by atoms with Gasteiger partial charge in [-0.3, -0.25) is 19.3 Å². The standard InChI is InChI=1S/C16H18N2O4/c1-22-13-4-2-11(3-5-13)18-15(20)10-14(16(18)21)17-8-6-12(19)7-9-17/h2-5,14H,6-10H2,1H3. The molecule has 0 aromatic heterocycles. The largest absolute Gasteiger partial charge is 0.497 e. The van der Waals surface area contributed by atoms with Crippen molar-refractivity contribution in [2.75, 3.05) is 25.1 Å². The molecule has 2 saturated heterocycles. The van der Waals surface area contributed by atoms with Gasteiger partial charge in [-0.2, -0.15) is 0 Å². The van der Waals surface area contributed by atoms with Gasteiger partial charge < -0.3 is 4.74 Å². The van der Waals surface area contributed by atoms with Gasteiger partial charge in [0.2, 0.25) is 5.91 Å². The Balaban J connectivity index is 1.77. The van der Waals surface area contributed by atoms with Crippen LogP contribution < -0.4 is 9.64 Å². The Kier molecular flexibility index (Phi) is 3.94. The molecule has 116 valence electrons. The van der Waals surface area contributed by atoms with Gasteiger partial charge in [-0.25, -0.2) is 4.90 Å². The maximum atomic E-state index is 12.6. The fraction of sp³-hybridized carbons (Fsp3) is 0.438. The SMILES string of the molecule is COc1ccc(N2C(=O)CC(N3CCC(=O)CC3)C2=O)cc1. The molecular formula is C16H18N2O4. The number of hydrogen-bond acceptors (Lipinski definition) is 5. The number of carbonyl (C=O) groups excluding carboxylic acids is 3. The van der Waals surface area contributed by atoms with E-state index >= 15 is 0 Å². The molecule has 1 unspecified atom stereocenters. The Morgan fingerprint density at radius 3 is 2.27 bits per heavy atom. The zero-order valence-corrected chi connectivity index (χ0v) is 12.4. The van der Waals surface area contributed by atoms with E-state index in [2.05, 4.69) is 0 Å². The number of ketones is 1. The third kappa shape index (κ3) is 2.62. The summed E-state index contributed by atoms with van der Waals surface area (Å²) in [5.41, 5.74) is 0.561. The molecule has 1 aromatic carbocycles. The minimum atomic E-state index is -0.442. The number of Topliss-reactive ketones (excluding diaryl/α,β-unsaturated/α-hetero) is 1. The van der Waals surface area contributed by atoms with Crippen LogP contribution in [0.3, 0.4) is 0 Å². The molecular weight excluding hydrogens is 284 g/mol. The van der Waals surface area contributed by atoms with Gasteiger partial charge in [0.15, 0.2) is 0 Å². The molecule has 2 aliphatic heterocycles. The molecule has 2 amide bonds. The number of nitrogens with zero attached hydrogens (tertiary/aromatic N) is 2. The molecule has 0 radical (unpaired) electrons. The van der Waals surface area contributed by atoms with E-state index in [0.29, 0.717) is 37.4 Å². The Morgan fingerprint density at radius 1 is 1.05 bits per heavy atom. The summed E-state index contributed by atoms with van der Waals surface area (Å²) < 4.78 is 5.08. The van der Waals surface area contributed by atoms with Crippen molar-refractivity contribution >= 4 is 23.3 Å². The lowest BCUT2D eigenvalue weighted by molar-refractivity contribution is -0.127. The first-order valence-corrected chi connectivity index (χ1v) is 7.37. The number of benzene rings is 1. The molecule has 1 atom stereocenters. The maximum Gasteiger partial charge on any atom is 0.251 e. The smallest absolute Gasteiger partial charge is 0.251 e. The van der Waals surface area contributed by atoms with Crippen LogP contribution in [-0.4, -0.2) is 48.7 Å². The quantitative estimate of drug-likeness (QED) is 0.779. The van der Waals surface area contributed by atoms with Crippen molar-refractivity contribution < 1.29 is 19.1 Å². The molecule has 2 heterocycles. The minimum Gasteiger partial charge on any atom is -0.497 e. The van der Waals surface area contributed by atoms with E-state index in [1.807, 2.05) is 4.90 Å². The van der Waals surface area contributed by atoms with E-state index in [4.69, 9.17) is 4.74 Å². The summed E-state index contributed by atoms with van der Waals surface area (Å²) in [6.45, 7) is 1.11. The molecule has 0 N–H and O–H groups in total. The van der Waals surface area contributed by atoms with Gasteiger partial charge in [0, 0.05) is 25.9 Å². The summed E-state index contributed by atoms with van der Waals surface area (Å²) >= 11 is 0. The topological polar surface area (TPSA) is 66.9 Å². The van der Waals surface area contributed by atoms with Gasteiger partial charge in [-0.1, -0.05) is 0 Å². The Morgan fingerprint density at radius 2 is 1.68 bits per heavy atom. The fourth-order valence-corrected chi connectivity index (χ4v) is 2.99. The second-order valence-corrected chi connectivity index (χ2v) is 5.56. The number of rotatable bonds is 3. The summed E-state index contributed by atoms with van der Waals surface area (Å²) in [6.07, 6.45) is 1.10. The van der Waals surface area contributed by atoms with E-state index in [1.54, 1.807) is 31.4 Å². The average Bonchev–Trinajstić information content (AvgIpc) is 2.83. The van der Waals surface area contributed by atoms with Crippen LogP contribution in [0.1, 0.15) is 19.3 Å². The summed E-state index contributed by atoms with van der Waals surface area (Å²) in [6, 6.07) is 6.42. The lowest BCUT2D eigenvalue weighted by Gasteiger charge is -2.29. The summed E-state index contributed by atoms with van der Waals surface area (Å²) in [4.78, 5) is 39.3. The van der Waals surface area contributed by atoms with E-state index in [9.17, 15) is 14.4 Å². The van der Waals surface area contributed by atoms with Crippen LogP contribution in [0, 0.1) is 0 Å². The van der Waals surface area contributed by atoms with Crippen molar-refractivity contribution in [3.05, 3.63) is 24.3 Å². The van der Waals surface area contributed by atoms with Crippen LogP contribution in [0.15, 0.2) is 24.3 Å². The number of methoxy groups -OCH3 is 1. The Hall–Kier alpha value is -2.21. The molecule has 3 rings (SSSR count). The lowest BCUT2D eigenvalue weighted by atomic mass is 10.1. The van der Waals surface area contributed by atoms with Gasteiger partial charge in [0.25, 0.3) is 5.91 Å². The van der Waals surface area contributed by atoms with Gasteiger partial charge in [0.1, 0.15) is 11.5 Å². The number of ether oxygens (including phenoxy) is 1. The second-order valence-electron chi connectivity index (χ2n) is 5.56. The first-order chi connectivity index (χ1) is 10.6. The predicted octanol–water partition coefficient (Wildman–Crippen LogP) is 0.992. The third-order valence-corrected chi connectivity index (χ3v) is 4.25. The molecule has 0 spiro atoms. The van der Waals surface area contributed by atoms with Crippen LogP contribution >= 0.6 is 0 Å². The van der Waals surface area contributed by atoms with Crippen molar-refractivity contribution in [1.82, 2.24) is 4.90 Å². The Bertz CT molecular complexity index is 601. The molecule has 2 fully saturated rings. The molecule has 22 heavy (non-hydrogen) atoms. The molecule has 0 aliphatic carbocycles. The van der Waals surface area contributed by atoms with Crippen LogP contribution in [0.25, 0.3) is 0 Å². The normalized spacial score (nSPS) is 23.2. The van der Waals surface area contributed by atoms with E-state index in [0.717, 1.165) is 0 Å². The summed E-state index contributed by atoms with van der Waals surface area (Å²) in [7, 11) is 1.56.